The molecule has 1 heterocycles. The molecule has 1 saturated heterocycles. The molecule has 0 spiro atoms. The number of hydrogen-bond acceptors (Lipinski definition) is 3. The fourth-order valence-electron chi connectivity index (χ4n) is 3.22. The van der Waals surface area contributed by atoms with E-state index in [0.29, 0.717) is 12.6 Å². The zero-order valence-corrected chi connectivity index (χ0v) is 19.0. The first-order valence-electron chi connectivity index (χ1n) is 9.89. The molecule has 0 atom stereocenters. The number of unbranched alkanes of at least 4 members (excludes halogenated alkanes) is 1. The van der Waals surface area contributed by atoms with E-state index in [9.17, 15) is 4.39 Å². The molecule has 2 aromatic carbocycles. The van der Waals surface area contributed by atoms with Gasteiger partial charge in [-0.25, -0.2) is 4.39 Å². The molecule has 2 aromatic rings. The molecule has 0 radical (unpaired) electrons. The van der Waals surface area contributed by atoms with E-state index in [4.69, 9.17) is 10.5 Å². The van der Waals surface area contributed by atoms with Gasteiger partial charge in [0.1, 0.15) is 5.82 Å². The van der Waals surface area contributed by atoms with E-state index in [1.807, 2.05) is 30.3 Å². The van der Waals surface area contributed by atoms with E-state index in [0.717, 1.165) is 57.9 Å². The fraction of sp³-hybridized carbons (Fsp3) is 0.409. The van der Waals surface area contributed by atoms with Crippen molar-refractivity contribution in [2.45, 2.75) is 19.4 Å². The second kappa shape index (κ2) is 12.6. The predicted octanol–water partition coefficient (Wildman–Crippen LogP) is 3.88. The summed E-state index contributed by atoms with van der Waals surface area (Å²) in [5.41, 5.74) is 8.39. The first kappa shape index (κ1) is 23.4. The van der Waals surface area contributed by atoms with E-state index < -0.39 is 0 Å². The summed E-state index contributed by atoms with van der Waals surface area (Å²) in [6.45, 7) is 5.48. The number of nitrogens with two attached hydrogens (primary N) is 1. The number of benzene rings is 2. The fourth-order valence-corrected chi connectivity index (χ4v) is 3.22. The number of anilines is 1. The Morgan fingerprint density at radius 2 is 1.66 bits per heavy atom. The molecular weight excluding hydrogens is 482 g/mol. The molecule has 1 fully saturated rings. The second-order valence-electron chi connectivity index (χ2n) is 6.94. The molecule has 5 nitrogen and oxygen atoms in total. The molecule has 0 unspecified atom stereocenters. The Morgan fingerprint density at radius 3 is 2.34 bits per heavy atom. The lowest BCUT2D eigenvalue weighted by atomic mass is 10.2. The number of aliphatic imine (C=N–C) groups is 1. The SMILES string of the molecule is I.NC(=NCCCCOCc1ccccc1)N1CCN(c2ccc(F)cc2)CC1. The Bertz CT molecular complexity index is 734. The number of nitrogens with zero attached hydrogens (tertiary/aromatic N) is 3. The van der Waals surface area contributed by atoms with Gasteiger partial charge >= 0.3 is 0 Å². The summed E-state index contributed by atoms with van der Waals surface area (Å²) in [4.78, 5) is 8.87. The van der Waals surface area contributed by atoms with Crippen molar-refractivity contribution in [3.63, 3.8) is 0 Å². The molecule has 3 rings (SSSR count). The quantitative estimate of drug-likeness (QED) is 0.253. The van der Waals surface area contributed by atoms with Gasteiger partial charge < -0.3 is 20.3 Å². The smallest absolute Gasteiger partial charge is 0.191 e. The normalized spacial score (nSPS) is 14.6. The van der Waals surface area contributed by atoms with Crippen LogP contribution in [-0.2, 0) is 11.3 Å². The van der Waals surface area contributed by atoms with E-state index in [1.54, 1.807) is 0 Å². The molecule has 0 saturated carbocycles. The van der Waals surface area contributed by atoms with Gasteiger partial charge in [0.2, 0.25) is 0 Å². The largest absolute Gasteiger partial charge is 0.377 e. The zero-order chi connectivity index (χ0) is 19.6. The summed E-state index contributed by atoms with van der Waals surface area (Å²) < 4.78 is 18.7. The van der Waals surface area contributed by atoms with Gasteiger partial charge in [0, 0.05) is 45.0 Å². The number of rotatable bonds is 8. The van der Waals surface area contributed by atoms with Crippen molar-refractivity contribution < 1.29 is 9.13 Å². The van der Waals surface area contributed by atoms with E-state index in [2.05, 4.69) is 26.9 Å². The molecule has 7 heteroatoms. The third-order valence-corrected chi connectivity index (χ3v) is 4.88. The molecule has 158 valence electrons. The first-order chi connectivity index (χ1) is 13.7. The van der Waals surface area contributed by atoms with Crippen molar-refractivity contribution in [1.82, 2.24) is 4.90 Å². The Labute approximate surface area is 189 Å². The minimum absolute atomic E-state index is 0. The third-order valence-electron chi connectivity index (χ3n) is 4.88. The van der Waals surface area contributed by atoms with Crippen molar-refractivity contribution in [2.75, 3.05) is 44.2 Å². The van der Waals surface area contributed by atoms with Crippen molar-refractivity contribution in [3.8, 4) is 0 Å². The molecule has 1 aliphatic heterocycles. The predicted molar refractivity (Wildman–Crippen MR) is 127 cm³/mol. The van der Waals surface area contributed by atoms with Gasteiger partial charge in [-0.3, -0.25) is 4.99 Å². The van der Waals surface area contributed by atoms with E-state index in [1.165, 1.54) is 17.7 Å². The number of ether oxygens (including phenoxy) is 1. The number of hydrogen-bond donors (Lipinski definition) is 1. The van der Waals surface area contributed by atoms with Crippen LogP contribution in [0.2, 0.25) is 0 Å². The van der Waals surface area contributed by atoms with Crippen LogP contribution < -0.4 is 10.6 Å². The maximum atomic E-state index is 13.0. The van der Waals surface area contributed by atoms with Crippen LogP contribution in [0.5, 0.6) is 0 Å². The lowest BCUT2D eigenvalue weighted by Gasteiger charge is -2.36. The third kappa shape index (κ3) is 7.81. The highest BCUT2D eigenvalue weighted by Crippen LogP contribution is 2.16. The van der Waals surface area contributed by atoms with Gasteiger partial charge in [-0.2, -0.15) is 0 Å². The van der Waals surface area contributed by atoms with Gasteiger partial charge in [-0.05, 0) is 42.7 Å². The molecule has 0 bridgehead atoms. The summed E-state index contributed by atoms with van der Waals surface area (Å²) in [5, 5.41) is 0. The van der Waals surface area contributed by atoms with Gasteiger partial charge in [-0.1, -0.05) is 30.3 Å². The first-order valence-corrected chi connectivity index (χ1v) is 9.89. The molecule has 0 aliphatic carbocycles. The van der Waals surface area contributed by atoms with Crippen LogP contribution in [-0.4, -0.2) is 50.2 Å². The zero-order valence-electron chi connectivity index (χ0n) is 16.7. The Balaban J connectivity index is 0.00000300. The highest BCUT2D eigenvalue weighted by Gasteiger charge is 2.18. The molecule has 1 aliphatic rings. The van der Waals surface area contributed by atoms with Crippen molar-refractivity contribution in [2.24, 2.45) is 10.7 Å². The van der Waals surface area contributed by atoms with Gasteiger partial charge in [-0.15, -0.1) is 24.0 Å². The van der Waals surface area contributed by atoms with Crippen molar-refractivity contribution in [3.05, 3.63) is 66.0 Å². The van der Waals surface area contributed by atoms with Crippen molar-refractivity contribution in [1.29, 1.82) is 0 Å². The van der Waals surface area contributed by atoms with Gasteiger partial charge in [0.15, 0.2) is 5.96 Å². The monoisotopic (exact) mass is 512 g/mol. The Kier molecular flexibility index (Phi) is 10.2. The Hall–Kier alpha value is -1.87. The molecular formula is C22H30FIN4O. The minimum atomic E-state index is -0.204. The lowest BCUT2D eigenvalue weighted by Crippen LogP contribution is -2.51. The summed E-state index contributed by atoms with van der Waals surface area (Å²) in [5.74, 6) is 0.410. The number of guanidine groups is 1. The standard InChI is InChI=1S/C22H29FN4O.HI/c23-20-8-10-21(11-9-20)26-13-15-27(16-14-26)22(24)25-12-4-5-17-28-18-19-6-2-1-3-7-19;/h1-3,6-11H,4-5,12-18H2,(H2,24,25);1H. The summed E-state index contributed by atoms with van der Waals surface area (Å²) >= 11 is 0. The van der Waals surface area contributed by atoms with Crippen LogP contribution in [0.1, 0.15) is 18.4 Å². The van der Waals surface area contributed by atoms with E-state index >= 15 is 0 Å². The average Bonchev–Trinajstić information content (AvgIpc) is 2.74. The van der Waals surface area contributed by atoms with Crippen LogP contribution in [0.4, 0.5) is 10.1 Å². The summed E-state index contributed by atoms with van der Waals surface area (Å²) in [6.07, 6.45) is 1.94. The molecule has 29 heavy (non-hydrogen) atoms. The highest BCUT2D eigenvalue weighted by molar-refractivity contribution is 14.0. The highest BCUT2D eigenvalue weighted by atomic mass is 127. The lowest BCUT2D eigenvalue weighted by molar-refractivity contribution is 0.117. The molecule has 0 aromatic heterocycles. The van der Waals surface area contributed by atoms with Crippen LogP contribution in [0, 0.1) is 5.82 Å². The van der Waals surface area contributed by atoms with Gasteiger partial charge in [0.05, 0.1) is 6.61 Å². The van der Waals surface area contributed by atoms with Crippen LogP contribution in [0.25, 0.3) is 0 Å². The topological polar surface area (TPSA) is 54.1 Å². The molecule has 0 amide bonds. The summed E-state index contributed by atoms with van der Waals surface area (Å²) in [6, 6.07) is 16.8. The average molecular weight is 512 g/mol. The second-order valence-corrected chi connectivity index (χ2v) is 6.94. The number of halogens is 2. The van der Waals surface area contributed by atoms with Crippen LogP contribution in [0.3, 0.4) is 0 Å². The maximum Gasteiger partial charge on any atom is 0.191 e. The molecule has 2 N–H and O–H groups in total. The van der Waals surface area contributed by atoms with E-state index in [-0.39, 0.29) is 29.8 Å². The van der Waals surface area contributed by atoms with Crippen LogP contribution >= 0.6 is 24.0 Å². The maximum absolute atomic E-state index is 13.0. The number of piperazine rings is 1. The van der Waals surface area contributed by atoms with Crippen LogP contribution in [0.15, 0.2) is 59.6 Å². The Morgan fingerprint density at radius 1 is 0.966 bits per heavy atom. The minimum Gasteiger partial charge on any atom is -0.377 e. The van der Waals surface area contributed by atoms with Crippen molar-refractivity contribution >= 4 is 35.6 Å². The van der Waals surface area contributed by atoms with Gasteiger partial charge in [0.25, 0.3) is 0 Å². The summed E-state index contributed by atoms with van der Waals surface area (Å²) in [7, 11) is 0.